The number of aromatic nitrogens is 9. The molecule has 7 heterocycles. The van der Waals surface area contributed by atoms with Gasteiger partial charge in [-0.05, 0) is 88.8 Å². The molecule has 5 N–H and O–H groups in total. The number of furan rings is 1. The Morgan fingerprint density at radius 1 is 0.346 bits per heavy atom. The fourth-order valence-electron chi connectivity index (χ4n) is 1.90. The first-order valence-electron chi connectivity index (χ1n) is 30.7. The highest BCUT2D eigenvalue weighted by atomic mass is 32.1. The third kappa shape index (κ3) is 436. The molecule has 1 saturated heterocycles. The molecule has 11 nitrogen and oxygen atoms in total. The first kappa shape index (κ1) is 112. The number of nitrogens with zero attached hydrogens (tertiary/aromatic N) is 5. The molecular formula is C69H152N10OS. The van der Waals surface area contributed by atoms with Crippen LogP contribution in [-0.4, -0.2) is 58.6 Å². The molecule has 0 aliphatic carbocycles. The Labute approximate surface area is 515 Å². The van der Waals surface area contributed by atoms with E-state index < -0.39 is 0 Å². The molecule has 6 aromatic heterocycles. The summed E-state index contributed by atoms with van der Waals surface area (Å²) in [6.07, 6.45) is 23.3. The van der Waals surface area contributed by atoms with Crippen LogP contribution >= 0.6 is 11.3 Å². The zero-order chi connectivity index (χ0) is 67.7. The largest absolute Gasteiger partial charge is 0.473 e. The average molecular weight is 1170 g/mol. The minimum absolute atomic E-state index is 0.500. The fourth-order valence-corrected chi connectivity index (χ4v) is 2.25. The molecule has 0 unspecified atom stereocenters. The first-order valence-corrected chi connectivity index (χ1v) is 31.7. The van der Waals surface area contributed by atoms with Gasteiger partial charge in [-0.1, -0.05) is 277 Å². The van der Waals surface area contributed by atoms with E-state index in [4.69, 9.17) is 0 Å². The highest BCUT2D eigenvalue weighted by Gasteiger charge is 1.98. The zero-order valence-corrected chi connectivity index (χ0v) is 63.2. The summed E-state index contributed by atoms with van der Waals surface area (Å²) in [5, 5.41) is 20.7. The number of aromatic amines is 4. The quantitative estimate of drug-likeness (QED) is 0.102. The lowest BCUT2D eigenvalue weighted by atomic mass is 10.0. The van der Waals surface area contributed by atoms with Crippen molar-refractivity contribution in [1.29, 1.82) is 0 Å². The van der Waals surface area contributed by atoms with Crippen LogP contribution in [0.5, 0.6) is 0 Å². The predicted molar refractivity (Wildman–Crippen MR) is 379 cm³/mol. The zero-order valence-electron chi connectivity index (χ0n) is 62.4. The Hall–Kier alpha value is -4.29. The van der Waals surface area contributed by atoms with E-state index in [1.807, 2.05) is 159 Å². The van der Waals surface area contributed by atoms with Crippen LogP contribution in [0.2, 0.25) is 0 Å². The second-order valence-corrected chi connectivity index (χ2v) is 24.7. The highest BCUT2D eigenvalue weighted by molar-refractivity contribution is 7.07. The molecule has 0 spiro atoms. The molecule has 0 saturated carbocycles. The standard InChI is InChI=1S/6C5H12.C4H9N.C4H5N.C4H4O.2C3H4N2.C3H3NS.C2H3N3.8C2H6/c6*1-5(2,3)4;3*1-2-4-5-3-1;1-2-5-3-4-1;1-2-4-5-3-1;1-2-5-3-4-1;1-2-4-5-3-1;8*1-2/h6*1-4H3;5H,1-4H2;1-5H;1-4H;2*1-3H,(H,4,5);1-3H;1-2H,(H,3,4,5);8*1-2H3. The average Bonchev–Trinajstić information content (AvgIpc) is 4.25. The van der Waals surface area contributed by atoms with E-state index in [1.54, 1.807) is 79.1 Å². The number of thiazole rings is 1. The number of hydrogen-bond donors (Lipinski definition) is 5. The number of nitrogens with one attached hydrogen (secondary N) is 5. The van der Waals surface area contributed by atoms with Crippen LogP contribution in [0.1, 0.15) is 290 Å². The maximum atomic E-state index is 4.58. The molecule has 81 heavy (non-hydrogen) atoms. The van der Waals surface area contributed by atoms with Gasteiger partial charge in [0.1, 0.15) is 0 Å². The van der Waals surface area contributed by atoms with E-state index in [-0.39, 0.29) is 0 Å². The second kappa shape index (κ2) is 95.0. The molecule has 0 radical (unpaired) electrons. The molecule has 490 valence electrons. The van der Waals surface area contributed by atoms with Crippen molar-refractivity contribution in [1.82, 2.24) is 50.9 Å². The van der Waals surface area contributed by atoms with Crippen LogP contribution < -0.4 is 5.32 Å². The van der Waals surface area contributed by atoms with E-state index in [1.165, 1.54) is 25.9 Å². The predicted octanol–water partition coefficient (Wildman–Crippen LogP) is 25.0. The molecule has 7 rings (SSSR count). The van der Waals surface area contributed by atoms with Crippen LogP contribution in [0.4, 0.5) is 0 Å². The maximum Gasteiger partial charge on any atom is 0.0919 e. The van der Waals surface area contributed by atoms with Gasteiger partial charge in [-0.25, -0.2) is 4.98 Å². The van der Waals surface area contributed by atoms with Crippen LogP contribution in [0, 0.1) is 32.5 Å². The normalized spacial score (nSPS) is 9.48. The topological polar surface area (TPSA) is 153 Å². The number of hydrogen-bond acceptors (Lipinski definition) is 8. The van der Waals surface area contributed by atoms with Gasteiger partial charge < -0.3 is 19.7 Å². The van der Waals surface area contributed by atoms with Gasteiger partial charge in [-0.15, -0.1) is 11.3 Å². The second-order valence-electron chi connectivity index (χ2n) is 24.0. The highest BCUT2D eigenvalue weighted by Crippen LogP contribution is 2.10. The van der Waals surface area contributed by atoms with Gasteiger partial charge in [-0.3, -0.25) is 10.1 Å². The van der Waals surface area contributed by atoms with Gasteiger partial charge in [0.25, 0.3) is 0 Å². The molecule has 1 aliphatic heterocycles. The van der Waals surface area contributed by atoms with Crippen LogP contribution in [0.3, 0.4) is 0 Å². The Bertz CT molecular complexity index is 1070. The van der Waals surface area contributed by atoms with Crippen molar-refractivity contribution in [3.8, 4) is 0 Å². The Balaban J connectivity index is -0.0000000490. The van der Waals surface area contributed by atoms with Crippen molar-refractivity contribution in [2.24, 2.45) is 32.5 Å². The summed E-state index contributed by atoms with van der Waals surface area (Å²) >= 11 is 1.60. The van der Waals surface area contributed by atoms with Gasteiger partial charge in [0.05, 0.1) is 36.8 Å². The van der Waals surface area contributed by atoms with Crippen LogP contribution in [0.15, 0.2) is 120 Å². The van der Waals surface area contributed by atoms with Crippen molar-refractivity contribution < 1.29 is 4.42 Å². The third-order valence-corrected chi connectivity index (χ3v) is 3.89. The van der Waals surface area contributed by atoms with Gasteiger partial charge in [0.2, 0.25) is 0 Å². The third-order valence-electron chi connectivity index (χ3n) is 3.37. The van der Waals surface area contributed by atoms with E-state index in [9.17, 15) is 0 Å². The molecule has 1 aliphatic rings. The minimum atomic E-state index is 0.500. The summed E-state index contributed by atoms with van der Waals surface area (Å²) in [7, 11) is 0. The molecule has 0 amide bonds. The summed E-state index contributed by atoms with van der Waals surface area (Å²) in [4.78, 5) is 13.0. The van der Waals surface area contributed by atoms with Gasteiger partial charge in [0, 0.05) is 48.8 Å². The molecule has 0 aromatic carbocycles. The van der Waals surface area contributed by atoms with Crippen LogP contribution in [0.25, 0.3) is 0 Å². The minimum Gasteiger partial charge on any atom is -0.473 e. The lowest BCUT2D eigenvalue weighted by Gasteiger charge is -2.05. The van der Waals surface area contributed by atoms with Gasteiger partial charge in [0.15, 0.2) is 0 Å². The van der Waals surface area contributed by atoms with Crippen molar-refractivity contribution >= 4 is 11.3 Å². The number of H-pyrrole nitrogens is 4. The Morgan fingerprint density at radius 3 is 0.765 bits per heavy atom. The monoisotopic (exact) mass is 1170 g/mol. The lowest BCUT2D eigenvalue weighted by Crippen LogP contribution is -2.03. The maximum absolute atomic E-state index is 4.58. The molecule has 0 bridgehead atoms. The van der Waals surface area contributed by atoms with Crippen molar-refractivity contribution in [3.63, 3.8) is 0 Å². The van der Waals surface area contributed by atoms with Crippen molar-refractivity contribution in [2.75, 3.05) is 13.1 Å². The Morgan fingerprint density at radius 2 is 0.679 bits per heavy atom. The summed E-state index contributed by atoms with van der Waals surface area (Å²) in [6, 6.07) is 9.39. The van der Waals surface area contributed by atoms with Crippen LogP contribution in [-0.2, 0) is 0 Å². The number of imidazole rings is 1. The number of rotatable bonds is 0. The van der Waals surface area contributed by atoms with E-state index in [0.717, 1.165) is 0 Å². The summed E-state index contributed by atoms with van der Waals surface area (Å²) in [6.45, 7) is 87.0. The van der Waals surface area contributed by atoms with E-state index in [0.29, 0.717) is 32.5 Å². The fraction of sp³-hybridized carbons (Fsp3) is 0.725. The lowest BCUT2D eigenvalue weighted by molar-refractivity contribution is 0.469. The van der Waals surface area contributed by atoms with Gasteiger partial charge in [-0.2, -0.15) is 20.5 Å². The molecule has 12 heteroatoms. The Kier molecular flexibility index (Phi) is 131. The SMILES string of the molecule is C1CCNC1.CC.CC.CC.CC.CC.CC.CC.CC.CC(C)(C)C.CC(C)(C)C.CC(C)(C)C.CC(C)(C)C.CC(C)(C)C.CC(C)(C)C.c1c[nH]cn1.c1cc[nH]c1.c1ccoc1.c1cn[nH]c1.c1cn[nH]n1.c1cscn1. The van der Waals surface area contributed by atoms with Crippen molar-refractivity contribution in [2.45, 2.75) is 290 Å². The molecule has 0 atom stereocenters. The molecule has 6 aromatic rings. The van der Waals surface area contributed by atoms with Gasteiger partial charge >= 0.3 is 0 Å². The summed E-state index contributed by atoms with van der Waals surface area (Å²) < 4.78 is 4.58. The first-order chi connectivity index (χ1) is 37.5. The van der Waals surface area contributed by atoms with E-state index >= 15 is 0 Å². The summed E-state index contributed by atoms with van der Waals surface area (Å²) in [5.41, 5.74) is 4.79. The smallest absolute Gasteiger partial charge is 0.0919 e. The van der Waals surface area contributed by atoms with E-state index in [2.05, 4.69) is 221 Å². The molecule has 1 fully saturated rings. The summed E-state index contributed by atoms with van der Waals surface area (Å²) in [5.74, 6) is 0. The molecular weight excluding hydrogens is 1020 g/mol. The van der Waals surface area contributed by atoms with Crippen molar-refractivity contribution in [3.05, 3.63) is 116 Å².